The molecule has 0 fully saturated rings. The van der Waals surface area contributed by atoms with Gasteiger partial charge in [-0.25, -0.2) is 0 Å². The van der Waals surface area contributed by atoms with Crippen molar-refractivity contribution in [3.8, 4) is 0 Å². The fourth-order valence-electron chi connectivity index (χ4n) is 4.46. The smallest absolute Gasteiger partial charge is 0.0126 e. The van der Waals surface area contributed by atoms with Gasteiger partial charge in [0.05, 0.1) is 0 Å². The molecule has 0 bridgehead atoms. The predicted octanol–water partition coefficient (Wildman–Crippen LogP) is 9.05. The lowest BCUT2D eigenvalue weighted by Crippen LogP contribution is -2.26. The summed E-state index contributed by atoms with van der Waals surface area (Å²) in [6.07, 6.45) is 3.47. The standard InChI is InChI=1S/C31H48/c1-28(2,3)24-18-16-22(17-19-24)14-13-15-23-20-25(29(4,5)6)21-26(30(7,8)9)27(23)31(10,11)12/h16-21H,13-15H2,1-12H3. The fraction of sp³-hybridized carbons (Fsp3) is 0.613. The van der Waals surface area contributed by atoms with Crippen LogP contribution in [0.1, 0.15) is 123 Å². The van der Waals surface area contributed by atoms with E-state index >= 15 is 0 Å². The van der Waals surface area contributed by atoms with E-state index in [-0.39, 0.29) is 21.7 Å². The lowest BCUT2D eigenvalue weighted by Gasteiger charge is -2.35. The molecule has 0 saturated carbocycles. The maximum atomic E-state index is 2.51. The van der Waals surface area contributed by atoms with Crippen molar-refractivity contribution in [2.24, 2.45) is 0 Å². The SMILES string of the molecule is CC(C)(C)c1ccc(CCCc2cc(C(C)(C)C)cc(C(C)(C)C)c2C(C)(C)C)cc1. The first kappa shape index (κ1) is 25.7. The van der Waals surface area contributed by atoms with Crippen LogP contribution in [0.5, 0.6) is 0 Å². The summed E-state index contributed by atoms with van der Waals surface area (Å²) in [6.45, 7) is 28.1. The van der Waals surface area contributed by atoms with Gasteiger partial charge in [-0.1, -0.05) is 119 Å². The average molecular weight is 421 g/mol. The molecule has 2 aromatic rings. The van der Waals surface area contributed by atoms with E-state index in [0.29, 0.717) is 0 Å². The van der Waals surface area contributed by atoms with Crippen molar-refractivity contribution >= 4 is 0 Å². The highest BCUT2D eigenvalue weighted by atomic mass is 14.3. The maximum Gasteiger partial charge on any atom is -0.0126 e. The summed E-state index contributed by atoms with van der Waals surface area (Å²) >= 11 is 0. The topological polar surface area (TPSA) is 0 Å². The van der Waals surface area contributed by atoms with Crippen molar-refractivity contribution in [1.29, 1.82) is 0 Å². The molecule has 0 aliphatic heterocycles. The molecule has 0 saturated heterocycles. The van der Waals surface area contributed by atoms with Gasteiger partial charge in [0.1, 0.15) is 0 Å². The van der Waals surface area contributed by atoms with E-state index in [0.717, 1.165) is 12.8 Å². The molecular formula is C31H48. The summed E-state index contributed by atoms with van der Waals surface area (Å²) in [4.78, 5) is 0. The Balaban J connectivity index is 2.38. The molecule has 31 heavy (non-hydrogen) atoms. The predicted molar refractivity (Wildman–Crippen MR) is 140 cm³/mol. The second-order valence-electron chi connectivity index (χ2n) is 13.6. The molecule has 0 N–H and O–H groups in total. The molecular weight excluding hydrogens is 372 g/mol. The first-order valence-electron chi connectivity index (χ1n) is 12.2. The fourth-order valence-corrected chi connectivity index (χ4v) is 4.46. The third-order valence-electron chi connectivity index (χ3n) is 6.38. The first-order chi connectivity index (χ1) is 13.9. The van der Waals surface area contributed by atoms with Crippen molar-refractivity contribution in [2.75, 3.05) is 0 Å². The minimum absolute atomic E-state index is 0.140. The molecule has 0 aliphatic carbocycles. The molecule has 0 spiro atoms. The summed E-state index contributed by atoms with van der Waals surface area (Å²) in [7, 11) is 0. The van der Waals surface area contributed by atoms with Crippen LogP contribution < -0.4 is 0 Å². The molecule has 0 atom stereocenters. The molecule has 0 heteroatoms. The lowest BCUT2D eigenvalue weighted by molar-refractivity contribution is 0.516. The minimum Gasteiger partial charge on any atom is -0.0588 e. The summed E-state index contributed by atoms with van der Waals surface area (Å²) in [5.41, 5.74) is 9.64. The first-order valence-corrected chi connectivity index (χ1v) is 12.2. The Morgan fingerprint density at radius 2 is 1.03 bits per heavy atom. The van der Waals surface area contributed by atoms with Crippen molar-refractivity contribution in [3.05, 3.63) is 69.8 Å². The number of aryl methyl sites for hydroxylation is 2. The Labute approximate surface area is 193 Å². The summed E-state index contributed by atoms with van der Waals surface area (Å²) in [5, 5.41) is 0. The van der Waals surface area contributed by atoms with Gasteiger partial charge in [0.25, 0.3) is 0 Å². The molecule has 0 aliphatic rings. The molecule has 0 heterocycles. The average Bonchev–Trinajstić information content (AvgIpc) is 2.58. The van der Waals surface area contributed by atoms with E-state index in [2.05, 4.69) is 119 Å². The van der Waals surface area contributed by atoms with Gasteiger partial charge in [0.15, 0.2) is 0 Å². The summed E-state index contributed by atoms with van der Waals surface area (Å²) in [5.74, 6) is 0. The van der Waals surface area contributed by atoms with E-state index in [1.165, 1.54) is 28.7 Å². The van der Waals surface area contributed by atoms with Gasteiger partial charge in [0.2, 0.25) is 0 Å². The zero-order valence-electron chi connectivity index (χ0n) is 22.6. The van der Waals surface area contributed by atoms with Crippen molar-refractivity contribution in [3.63, 3.8) is 0 Å². The van der Waals surface area contributed by atoms with Gasteiger partial charge >= 0.3 is 0 Å². The largest absolute Gasteiger partial charge is 0.0588 e. The van der Waals surface area contributed by atoms with Crippen molar-refractivity contribution in [1.82, 2.24) is 0 Å². The van der Waals surface area contributed by atoms with Gasteiger partial charge < -0.3 is 0 Å². The third-order valence-corrected chi connectivity index (χ3v) is 6.38. The zero-order chi connectivity index (χ0) is 23.8. The monoisotopic (exact) mass is 420 g/mol. The molecule has 172 valence electrons. The van der Waals surface area contributed by atoms with E-state index in [1.807, 2.05) is 0 Å². The summed E-state index contributed by atoms with van der Waals surface area (Å²) < 4.78 is 0. The molecule has 0 aromatic heterocycles. The van der Waals surface area contributed by atoms with Crippen LogP contribution in [0.4, 0.5) is 0 Å². The number of hydrogen-bond donors (Lipinski definition) is 0. The van der Waals surface area contributed by atoms with Crippen LogP contribution in [0.3, 0.4) is 0 Å². The highest BCUT2D eigenvalue weighted by Gasteiger charge is 2.30. The van der Waals surface area contributed by atoms with Crippen molar-refractivity contribution in [2.45, 2.75) is 124 Å². The number of hydrogen-bond acceptors (Lipinski definition) is 0. The van der Waals surface area contributed by atoms with E-state index < -0.39 is 0 Å². The van der Waals surface area contributed by atoms with Gasteiger partial charge in [-0.3, -0.25) is 0 Å². The molecule has 0 unspecified atom stereocenters. The molecule has 0 nitrogen and oxygen atoms in total. The van der Waals surface area contributed by atoms with Gasteiger partial charge in [-0.15, -0.1) is 0 Å². The summed E-state index contributed by atoms with van der Waals surface area (Å²) in [6, 6.07) is 14.3. The second kappa shape index (κ2) is 8.76. The van der Waals surface area contributed by atoms with Crippen LogP contribution in [0.2, 0.25) is 0 Å². The minimum atomic E-state index is 0.140. The van der Waals surface area contributed by atoms with Crippen LogP contribution in [0.15, 0.2) is 36.4 Å². The number of rotatable bonds is 4. The normalized spacial score (nSPS) is 13.5. The van der Waals surface area contributed by atoms with E-state index in [1.54, 1.807) is 11.1 Å². The van der Waals surface area contributed by atoms with Crippen molar-refractivity contribution < 1.29 is 0 Å². The van der Waals surface area contributed by atoms with Gasteiger partial charge in [0, 0.05) is 0 Å². The van der Waals surface area contributed by atoms with E-state index in [4.69, 9.17) is 0 Å². The quantitative estimate of drug-likeness (QED) is 0.462. The second-order valence-corrected chi connectivity index (χ2v) is 13.6. The Bertz CT molecular complexity index is 866. The molecule has 0 amide bonds. The van der Waals surface area contributed by atoms with Gasteiger partial charge in [-0.2, -0.15) is 0 Å². The Hall–Kier alpha value is -1.56. The van der Waals surface area contributed by atoms with Crippen LogP contribution in [0, 0.1) is 0 Å². The van der Waals surface area contributed by atoms with Crippen LogP contribution in [0.25, 0.3) is 0 Å². The van der Waals surface area contributed by atoms with Gasteiger partial charge in [-0.05, 0) is 74.3 Å². The van der Waals surface area contributed by atoms with Crippen LogP contribution in [-0.2, 0) is 34.5 Å². The van der Waals surface area contributed by atoms with Crippen LogP contribution in [-0.4, -0.2) is 0 Å². The highest BCUT2D eigenvalue weighted by molar-refractivity contribution is 5.48. The molecule has 0 radical (unpaired) electrons. The Kier molecular flexibility index (Phi) is 7.26. The highest BCUT2D eigenvalue weighted by Crippen LogP contribution is 2.40. The third kappa shape index (κ3) is 6.71. The molecule has 2 rings (SSSR count). The van der Waals surface area contributed by atoms with Crippen LogP contribution >= 0.6 is 0 Å². The lowest BCUT2D eigenvalue weighted by atomic mass is 9.70. The Morgan fingerprint density at radius 3 is 1.45 bits per heavy atom. The zero-order valence-corrected chi connectivity index (χ0v) is 22.6. The number of benzene rings is 2. The Morgan fingerprint density at radius 1 is 0.516 bits per heavy atom. The molecule has 2 aromatic carbocycles. The van der Waals surface area contributed by atoms with E-state index in [9.17, 15) is 0 Å². The maximum absolute atomic E-state index is 2.51.